The average Bonchev–Trinajstić information content (AvgIpc) is 2.69. The summed E-state index contributed by atoms with van der Waals surface area (Å²) in [6.07, 6.45) is 1.02. The van der Waals surface area contributed by atoms with Crippen LogP contribution in [0.3, 0.4) is 0 Å². The number of likely N-dealkylation sites (N-methyl/N-ethyl adjacent to an activating group) is 1. The summed E-state index contributed by atoms with van der Waals surface area (Å²) in [6, 6.07) is 7.02. The van der Waals surface area contributed by atoms with E-state index < -0.39 is 0 Å². The second-order valence-electron chi connectivity index (χ2n) is 6.06. The standard InChI is InChI=1S/C19H33N5O3/c1-20-19(23-12-14-24(2)13-5-15-26-3)22-11-10-21-18(25)16-6-8-17(27-4)9-7-16/h6-9H,5,10-15H2,1-4H3,(H,21,25)(H2,20,22,23). The van der Waals surface area contributed by atoms with E-state index >= 15 is 0 Å². The molecule has 0 atom stereocenters. The fourth-order valence-electron chi connectivity index (χ4n) is 2.38. The van der Waals surface area contributed by atoms with Crippen LogP contribution in [-0.4, -0.2) is 84.4 Å². The number of carbonyl (C=O) groups is 1. The van der Waals surface area contributed by atoms with E-state index in [9.17, 15) is 4.79 Å². The monoisotopic (exact) mass is 379 g/mol. The van der Waals surface area contributed by atoms with E-state index in [2.05, 4.69) is 32.9 Å². The summed E-state index contributed by atoms with van der Waals surface area (Å²) in [5, 5.41) is 9.32. The first kappa shape index (κ1) is 22.7. The Hall–Kier alpha value is -2.32. The van der Waals surface area contributed by atoms with Crippen molar-refractivity contribution in [3.63, 3.8) is 0 Å². The number of benzene rings is 1. The molecule has 3 N–H and O–H groups in total. The Labute approximate surface area is 162 Å². The molecule has 1 amide bonds. The Balaban J connectivity index is 2.18. The first-order valence-electron chi connectivity index (χ1n) is 9.15. The highest BCUT2D eigenvalue weighted by Gasteiger charge is 2.05. The van der Waals surface area contributed by atoms with Crippen molar-refractivity contribution in [2.75, 3.05) is 67.6 Å². The zero-order chi connectivity index (χ0) is 19.9. The normalized spacial score (nSPS) is 11.4. The molecular formula is C19H33N5O3. The lowest BCUT2D eigenvalue weighted by Gasteiger charge is -2.18. The van der Waals surface area contributed by atoms with E-state index in [-0.39, 0.29) is 5.91 Å². The van der Waals surface area contributed by atoms with E-state index in [0.29, 0.717) is 18.7 Å². The fraction of sp³-hybridized carbons (Fsp3) is 0.579. The minimum Gasteiger partial charge on any atom is -0.497 e. The number of rotatable bonds is 12. The summed E-state index contributed by atoms with van der Waals surface area (Å²) in [6.45, 7) is 4.58. The zero-order valence-electron chi connectivity index (χ0n) is 16.9. The number of hydrogen-bond acceptors (Lipinski definition) is 5. The van der Waals surface area contributed by atoms with Gasteiger partial charge in [-0.25, -0.2) is 0 Å². The first-order chi connectivity index (χ1) is 13.1. The molecule has 1 aromatic carbocycles. The Morgan fingerprint density at radius 2 is 1.70 bits per heavy atom. The van der Waals surface area contributed by atoms with Gasteiger partial charge in [-0.1, -0.05) is 0 Å². The lowest BCUT2D eigenvalue weighted by molar-refractivity contribution is 0.0954. The van der Waals surface area contributed by atoms with Gasteiger partial charge in [-0.15, -0.1) is 0 Å². The number of amides is 1. The molecule has 0 aliphatic carbocycles. The van der Waals surface area contributed by atoms with Crippen LogP contribution >= 0.6 is 0 Å². The number of hydrogen-bond donors (Lipinski definition) is 3. The molecule has 0 fully saturated rings. The maximum atomic E-state index is 12.1. The van der Waals surface area contributed by atoms with Gasteiger partial charge < -0.3 is 30.3 Å². The number of guanidine groups is 1. The molecule has 0 saturated heterocycles. The Kier molecular flexibility index (Phi) is 11.6. The summed E-state index contributed by atoms with van der Waals surface area (Å²) < 4.78 is 10.1. The molecule has 0 aliphatic rings. The quantitative estimate of drug-likeness (QED) is 0.279. The highest BCUT2D eigenvalue weighted by Crippen LogP contribution is 2.10. The zero-order valence-corrected chi connectivity index (χ0v) is 16.9. The third kappa shape index (κ3) is 9.81. The predicted molar refractivity (Wildman–Crippen MR) is 109 cm³/mol. The molecule has 1 aromatic rings. The van der Waals surface area contributed by atoms with E-state index in [1.165, 1.54) is 0 Å². The number of methoxy groups -OCH3 is 2. The Morgan fingerprint density at radius 1 is 1.04 bits per heavy atom. The van der Waals surface area contributed by atoms with Crippen molar-refractivity contribution in [1.29, 1.82) is 0 Å². The van der Waals surface area contributed by atoms with Crippen LogP contribution in [0.15, 0.2) is 29.3 Å². The summed E-state index contributed by atoms with van der Waals surface area (Å²) >= 11 is 0. The van der Waals surface area contributed by atoms with Crippen LogP contribution in [0, 0.1) is 0 Å². The minimum absolute atomic E-state index is 0.111. The molecular weight excluding hydrogens is 346 g/mol. The van der Waals surface area contributed by atoms with Crippen LogP contribution in [-0.2, 0) is 4.74 Å². The molecule has 152 valence electrons. The molecule has 0 spiro atoms. The largest absolute Gasteiger partial charge is 0.497 e. The van der Waals surface area contributed by atoms with Gasteiger partial charge >= 0.3 is 0 Å². The van der Waals surface area contributed by atoms with Gasteiger partial charge in [0.2, 0.25) is 0 Å². The van der Waals surface area contributed by atoms with Crippen LogP contribution < -0.4 is 20.7 Å². The smallest absolute Gasteiger partial charge is 0.251 e. The molecule has 8 heteroatoms. The molecule has 0 aromatic heterocycles. The average molecular weight is 380 g/mol. The van der Waals surface area contributed by atoms with Gasteiger partial charge in [0.05, 0.1) is 7.11 Å². The SMILES string of the molecule is CN=C(NCCNC(=O)c1ccc(OC)cc1)NCCN(C)CCCOC. The lowest BCUT2D eigenvalue weighted by Crippen LogP contribution is -2.43. The maximum absolute atomic E-state index is 12.1. The van der Waals surface area contributed by atoms with E-state index in [4.69, 9.17) is 9.47 Å². The third-order valence-electron chi connectivity index (χ3n) is 3.95. The van der Waals surface area contributed by atoms with Gasteiger partial charge in [-0.05, 0) is 37.7 Å². The molecule has 0 bridgehead atoms. The molecule has 8 nitrogen and oxygen atoms in total. The predicted octanol–water partition coefficient (Wildman–Crippen LogP) is 0.558. The second-order valence-corrected chi connectivity index (χ2v) is 6.06. The molecule has 0 heterocycles. The number of nitrogens with zero attached hydrogens (tertiary/aromatic N) is 2. The van der Waals surface area contributed by atoms with Crippen molar-refractivity contribution in [3.8, 4) is 5.75 Å². The van der Waals surface area contributed by atoms with Crippen molar-refractivity contribution in [2.24, 2.45) is 4.99 Å². The number of nitrogens with one attached hydrogen (secondary N) is 3. The van der Waals surface area contributed by atoms with Gasteiger partial charge in [0.15, 0.2) is 5.96 Å². The highest BCUT2D eigenvalue weighted by atomic mass is 16.5. The van der Waals surface area contributed by atoms with E-state index in [1.807, 2.05) is 0 Å². The maximum Gasteiger partial charge on any atom is 0.251 e. The van der Waals surface area contributed by atoms with Crippen molar-refractivity contribution >= 4 is 11.9 Å². The van der Waals surface area contributed by atoms with Gasteiger partial charge in [-0.3, -0.25) is 9.79 Å². The Morgan fingerprint density at radius 3 is 2.33 bits per heavy atom. The first-order valence-corrected chi connectivity index (χ1v) is 9.15. The minimum atomic E-state index is -0.111. The van der Waals surface area contributed by atoms with Crippen molar-refractivity contribution in [1.82, 2.24) is 20.9 Å². The van der Waals surface area contributed by atoms with Gasteiger partial charge in [0.25, 0.3) is 5.91 Å². The summed E-state index contributed by atoms with van der Waals surface area (Å²) in [5.41, 5.74) is 0.606. The van der Waals surface area contributed by atoms with Gasteiger partial charge in [0, 0.05) is 59.1 Å². The lowest BCUT2D eigenvalue weighted by atomic mass is 10.2. The van der Waals surface area contributed by atoms with Crippen LogP contribution in [0.2, 0.25) is 0 Å². The fourth-order valence-corrected chi connectivity index (χ4v) is 2.38. The summed E-state index contributed by atoms with van der Waals surface area (Å²) in [7, 11) is 7.13. The van der Waals surface area contributed by atoms with Gasteiger partial charge in [-0.2, -0.15) is 0 Å². The van der Waals surface area contributed by atoms with Crippen LogP contribution in [0.25, 0.3) is 0 Å². The van der Waals surface area contributed by atoms with Crippen molar-refractivity contribution in [2.45, 2.75) is 6.42 Å². The number of aliphatic imine (C=N–C) groups is 1. The molecule has 0 radical (unpaired) electrons. The van der Waals surface area contributed by atoms with Crippen LogP contribution in [0.1, 0.15) is 16.8 Å². The number of carbonyl (C=O) groups excluding carboxylic acids is 1. The van der Waals surface area contributed by atoms with E-state index in [0.717, 1.165) is 44.4 Å². The van der Waals surface area contributed by atoms with Gasteiger partial charge in [0.1, 0.15) is 5.75 Å². The summed E-state index contributed by atoms with van der Waals surface area (Å²) in [5.74, 6) is 1.34. The topological polar surface area (TPSA) is 87.2 Å². The molecule has 1 rings (SSSR count). The second kappa shape index (κ2) is 13.8. The Bertz CT molecular complexity index is 563. The summed E-state index contributed by atoms with van der Waals surface area (Å²) in [4.78, 5) is 18.5. The number of ether oxygens (including phenoxy) is 2. The highest BCUT2D eigenvalue weighted by molar-refractivity contribution is 5.94. The third-order valence-corrected chi connectivity index (χ3v) is 3.95. The molecule has 0 aliphatic heterocycles. The molecule has 0 unspecified atom stereocenters. The molecule has 0 saturated carbocycles. The van der Waals surface area contributed by atoms with Crippen LogP contribution in [0.4, 0.5) is 0 Å². The van der Waals surface area contributed by atoms with Crippen molar-refractivity contribution < 1.29 is 14.3 Å². The molecule has 27 heavy (non-hydrogen) atoms. The van der Waals surface area contributed by atoms with Crippen LogP contribution in [0.5, 0.6) is 5.75 Å². The van der Waals surface area contributed by atoms with E-state index in [1.54, 1.807) is 45.5 Å². The van der Waals surface area contributed by atoms with Crippen molar-refractivity contribution in [3.05, 3.63) is 29.8 Å².